The van der Waals surface area contributed by atoms with Gasteiger partial charge in [-0.3, -0.25) is 0 Å². The van der Waals surface area contributed by atoms with E-state index in [0.717, 1.165) is 12.0 Å². The first-order chi connectivity index (χ1) is 7.36. The van der Waals surface area contributed by atoms with Crippen LogP contribution in [0.3, 0.4) is 0 Å². The third kappa shape index (κ3) is 1.41. The topological polar surface area (TPSA) is 29.5 Å². The van der Waals surface area contributed by atoms with Crippen LogP contribution in [-0.2, 0) is 4.74 Å². The molecule has 1 aliphatic heterocycles. The minimum atomic E-state index is -0.285. The molecule has 2 heteroatoms. The largest absolute Gasteiger partial charge is 0.389 e. The Morgan fingerprint density at radius 2 is 1.80 bits per heavy atom. The molecule has 15 heavy (non-hydrogen) atoms. The van der Waals surface area contributed by atoms with Crippen molar-refractivity contribution in [3.8, 4) is 0 Å². The summed E-state index contributed by atoms with van der Waals surface area (Å²) in [6.45, 7) is 1.33. The molecule has 0 spiro atoms. The first kappa shape index (κ1) is 9.13. The summed E-state index contributed by atoms with van der Waals surface area (Å²) in [5.74, 6) is 0.374. The molecule has 2 atom stereocenters. The molecule has 1 aromatic carbocycles. The number of ether oxygens (including phenoxy) is 1. The first-order valence-electron chi connectivity index (χ1n) is 5.39. The fourth-order valence-corrected chi connectivity index (χ4v) is 2.62. The zero-order valence-corrected chi connectivity index (χ0v) is 8.52. The second-order valence-electron chi connectivity index (χ2n) is 4.26. The molecule has 2 nitrogen and oxygen atoms in total. The van der Waals surface area contributed by atoms with Crippen molar-refractivity contribution in [1.82, 2.24) is 0 Å². The lowest BCUT2D eigenvalue weighted by molar-refractivity contribution is 0.152. The summed E-state index contributed by atoms with van der Waals surface area (Å²) in [6, 6.07) is 10.4. The van der Waals surface area contributed by atoms with E-state index in [1.54, 1.807) is 0 Å². The highest BCUT2D eigenvalue weighted by Gasteiger charge is 2.36. The molecular weight excluding hydrogens is 188 g/mol. The fraction of sp³-hybridized carbons (Fsp3) is 0.385. The molecule has 1 aromatic rings. The van der Waals surface area contributed by atoms with Gasteiger partial charge in [-0.25, -0.2) is 0 Å². The van der Waals surface area contributed by atoms with Crippen molar-refractivity contribution < 1.29 is 9.84 Å². The van der Waals surface area contributed by atoms with Gasteiger partial charge in [-0.05, 0) is 23.1 Å². The van der Waals surface area contributed by atoms with Gasteiger partial charge in [0.05, 0.1) is 19.3 Å². The van der Waals surface area contributed by atoms with Gasteiger partial charge in [-0.1, -0.05) is 30.3 Å². The second-order valence-corrected chi connectivity index (χ2v) is 4.26. The van der Waals surface area contributed by atoms with Crippen molar-refractivity contribution in [2.75, 3.05) is 13.2 Å². The third-order valence-corrected chi connectivity index (χ3v) is 3.41. The van der Waals surface area contributed by atoms with E-state index in [2.05, 4.69) is 24.3 Å². The Kier molecular flexibility index (Phi) is 2.11. The molecule has 0 aromatic heterocycles. The van der Waals surface area contributed by atoms with Gasteiger partial charge in [0.15, 0.2) is 0 Å². The highest BCUT2D eigenvalue weighted by atomic mass is 16.5. The number of hydrogen-bond acceptors (Lipinski definition) is 2. The predicted molar refractivity (Wildman–Crippen MR) is 57.7 cm³/mol. The number of aliphatic hydroxyl groups is 1. The van der Waals surface area contributed by atoms with Gasteiger partial charge in [0.1, 0.15) is 0 Å². The highest BCUT2D eigenvalue weighted by molar-refractivity contribution is 5.40. The van der Waals surface area contributed by atoms with E-state index in [4.69, 9.17) is 4.74 Å². The molecule has 0 saturated carbocycles. The zero-order chi connectivity index (χ0) is 10.3. The quantitative estimate of drug-likeness (QED) is 0.704. The maximum Gasteiger partial charge on any atom is 0.0784 e. The number of aliphatic hydroxyl groups excluding tert-OH is 1. The first-order valence-corrected chi connectivity index (χ1v) is 5.39. The lowest BCUT2D eigenvalue weighted by Crippen LogP contribution is -2.10. The minimum absolute atomic E-state index is 0.285. The maximum absolute atomic E-state index is 9.89. The van der Waals surface area contributed by atoms with Crippen LogP contribution >= 0.6 is 0 Å². The van der Waals surface area contributed by atoms with E-state index < -0.39 is 0 Å². The molecule has 0 amide bonds. The van der Waals surface area contributed by atoms with Gasteiger partial charge in [0.25, 0.3) is 0 Å². The zero-order valence-electron chi connectivity index (χ0n) is 8.52. The summed E-state index contributed by atoms with van der Waals surface area (Å²) in [5.41, 5.74) is 3.74. The van der Waals surface area contributed by atoms with E-state index in [-0.39, 0.29) is 6.10 Å². The van der Waals surface area contributed by atoms with Crippen LogP contribution in [0.15, 0.2) is 41.5 Å². The van der Waals surface area contributed by atoms with Gasteiger partial charge in [0, 0.05) is 5.92 Å². The van der Waals surface area contributed by atoms with Crippen LogP contribution in [0.2, 0.25) is 0 Å². The minimum Gasteiger partial charge on any atom is -0.389 e. The van der Waals surface area contributed by atoms with Crippen molar-refractivity contribution in [1.29, 1.82) is 0 Å². The SMILES string of the molecule is O[C@@H]1C[C@@H](c2ccccc2)C2=C1COC2. The van der Waals surface area contributed by atoms with E-state index in [1.165, 1.54) is 11.1 Å². The normalized spacial score (nSPS) is 29.7. The summed E-state index contributed by atoms with van der Waals surface area (Å²) in [7, 11) is 0. The Bertz CT molecular complexity index is 394. The van der Waals surface area contributed by atoms with Crippen molar-refractivity contribution in [2.45, 2.75) is 18.4 Å². The molecular formula is C13H14O2. The van der Waals surface area contributed by atoms with Gasteiger partial charge in [-0.15, -0.1) is 0 Å². The average molecular weight is 202 g/mol. The molecule has 0 radical (unpaired) electrons. The van der Waals surface area contributed by atoms with E-state index >= 15 is 0 Å². The van der Waals surface area contributed by atoms with Crippen LogP contribution in [0.1, 0.15) is 17.9 Å². The van der Waals surface area contributed by atoms with Crippen LogP contribution in [0.5, 0.6) is 0 Å². The average Bonchev–Trinajstić information content (AvgIpc) is 2.84. The Labute approximate surface area is 89.2 Å². The molecule has 0 saturated heterocycles. The summed E-state index contributed by atoms with van der Waals surface area (Å²) in [6.07, 6.45) is 0.547. The molecule has 78 valence electrons. The van der Waals surface area contributed by atoms with Crippen molar-refractivity contribution in [3.05, 3.63) is 47.0 Å². The second kappa shape index (κ2) is 3.47. The molecule has 2 aliphatic rings. The number of hydrogen-bond donors (Lipinski definition) is 1. The van der Waals surface area contributed by atoms with Crippen LogP contribution < -0.4 is 0 Å². The lowest BCUT2D eigenvalue weighted by Gasteiger charge is -2.14. The summed E-state index contributed by atoms with van der Waals surface area (Å²) >= 11 is 0. The fourth-order valence-electron chi connectivity index (χ4n) is 2.62. The predicted octanol–water partition coefficient (Wildman–Crippen LogP) is 1.86. The lowest BCUT2D eigenvalue weighted by atomic mass is 9.93. The Balaban J connectivity index is 1.96. The molecule has 1 heterocycles. The number of rotatable bonds is 1. The maximum atomic E-state index is 9.89. The standard InChI is InChI=1S/C13H14O2/c14-13-6-10(9-4-2-1-3-5-9)11-7-15-8-12(11)13/h1-5,10,13-14H,6-8H2/t10-,13+/m0/s1. The molecule has 3 rings (SSSR count). The summed E-state index contributed by atoms with van der Waals surface area (Å²) < 4.78 is 5.40. The monoisotopic (exact) mass is 202 g/mol. The Morgan fingerprint density at radius 1 is 1.07 bits per heavy atom. The van der Waals surface area contributed by atoms with Crippen molar-refractivity contribution in [2.24, 2.45) is 0 Å². The third-order valence-electron chi connectivity index (χ3n) is 3.41. The van der Waals surface area contributed by atoms with Crippen molar-refractivity contribution >= 4 is 0 Å². The molecule has 1 aliphatic carbocycles. The van der Waals surface area contributed by atoms with Gasteiger partial charge >= 0.3 is 0 Å². The number of benzene rings is 1. The van der Waals surface area contributed by atoms with Gasteiger partial charge in [-0.2, -0.15) is 0 Å². The van der Waals surface area contributed by atoms with Gasteiger partial charge < -0.3 is 9.84 Å². The van der Waals surface area contributed by atoms with E-state index in [9.17, 15) is 5.11 Å². The van der Waals surface area contributed by atoms with Gasteiger partial charge in [0.2, 0.25) is 0 Å². The highest BCUT2D eigenvalue weighted by Crippen LogP contribution is 2.42. The Hall–Kier alpha value is -1.12. The van der Waals surface area contributed by atoms with Crippen molar-refractivity contribution in [3.63, 3.8) is 0 Å². The van der Waals surface area contributed by atoms with E-state index in [1.807, 2.05) is 6.07 Å². The summed E-state index contributed by atoms with van der Waals surface area (Å²) in [5, 5.41) is 9.89. The van der Waals surface area contributed by atoms with Crippen LogP contribution in [0.4, 0.5) is 0 Å². The Morgan fingerprint density at radius 3 is 2.60 bits per heavy atom. The van der Waals surface area contributed by atoms with Crippen LogP contribution in [-0.4, -0.2) is 24.4 Å². The smallest absolute Gasteiger partial charge is 0.0784 e. The molecule has 0 fully saturated rings. The molecule has 0 unspecified atom stereocenters. The summed E-state index contributed by atoms with van der Waals surface area (Å²) in [4.78, 5) is 0. The molecule has 0 bridgehead atoms. The van der Waals surface area contributed by atoms with Crippen LogP contribution in [0.25, 0.3) is 0 Å². The molecule has 1 N–H and O–H groups in total. The van der Waals surface area contributed by atoms with E-state index in [0.29, 0.717) is 19.1 Å². The van der Waals surface area contributed by atoms with Crippen LogP contribution in [0, 0.1) is 0 Å².